The molecule has 10 heteroatoms. The lowest BCUT2D eigenvalue weighted by Crippen LogP contribution is -2.58. The predicted molar refractivity (Wildman–Crippen MR) is 112 cm³/mol. The molecular weight excluding hydrogens is 464 g/mol. The van der Waals surface area contributed by atoms with Gasteiger partial charge in [0.2, 0.25) is 0 Å². The molecule has 1 saturated heterocycles. The Morgan fingerprint density at radius 2 is 2.10 bits per heavy atom. The van der Waals surface area contributed by atoms with Crippen LogP contribution in [-0.2, 0) is 11.8 Å². The van der Waals surface area contributed by atoms with E-state index in [-0.39, 0.29) is 24.6 Å². The number of ether oxygens (including phenoxy) is 2. The zero-order valence-corrected chi connectivity index (χ0v) is 19.0. The van der Waals surface area contributed by atoms with E-state index in [9.17, 15) is 9.59 Å². The van der Waals surface area contributed by atoms with Gasteiger partial charge >= 0.3 is 6.09 Å². The summed E-state index contributed by atoms with van der Waals surface area (Å²) in [5.74, 6) is 0.173. The van der Waals surface area contributed by atoms with Gasteiger partial charge in [0.05, 0.1) is 27.4 Å². The third-order valence-electron chi connectivity index (χ3n) is 5.03. The van der Waals surface area contributed by atoms with Gasteiger partial charge in [0, 0.05) is 26.7 Å². The number of fused-ring (bicyclic) bond motifs is 4. The van der Waals surface area contributed by atoms with Crippen LogP contribution >= 0.6 is 27.5 Å². The fourth-order valence-corrected chi connectivity index (χ4v) is 4.43. The molecule has 0 radical (unpaired) electrons. The Kier molecular flexibility index (Phi) is 4.93. The fourth-order valence-electron chi connectivity index (χ4n) is 3.72. The quantitative estimate of drug-likeness (QED) is 0.571. The first-order chi connectivity index (χ1) is 13.6. The first-order valence-electron chi connectivity index (χ1n) is 9.32. The number of nitrogens with zero attached hydrogens (tertiary/aromatic N) is 4. The van der Waals surface area contributed by atoms with E-state index in [2.05, 4.69) is 20.9 Å². The van der Waals surface area contributed by atoms with Gasteiger partial charge in [-0.25, -0.2) is 9.78 Å². The van der Waals surface area contributed by atoms with Crippen molar-refractivity contribution in [2.24, 2.45) is 7.05 Å². The van der Waals surface area contributed by atoms with Crippen molar-refractivity contribution in [1.82, 2.24) is 19.4 Å². The number of aryl methyl sites for hydroxylation is 1. The summed E-state index contributed by atoms with van der Waals surface area (Å²) in [4.78, 5) is 33.7. The Morgan fingerprint density at radius 3 is 2.79 bits per heavy atom. The van der Waals surface area contributed by atoms with Crippen molar-refractivity contribution in [3.8, 4) is 5.75 Å². The summed E-state index contributed by atoms with van der Waals surface area (Å²) in [5, 5.41) is 0.323. The first-order valence-corrected chi connectivity index (χ1v) is 10.5. The van der Waals surface area contributed by atoms with Crippen LogP contribution in [-0.4, -0.2) is 69.2 Å². The van der Waals surface area contributed by atoms with Gasteiger partial charge in [-0.15, -0.1) is 0 Å². The molecule has 0 aliphatic carbocycles. The van der Waals surface area contributed by atoms with Gasteiger partial charge in [-0.05, 0) is 36.7 Å². The highest BCUT2D eigenvalue weighted by molar-refractivity contribution is 9.10. The van der Waals surface area contributed by atoms with Gasteiger partial charge in [-0.1, -0.05) is 11.6 Å². The van der Waals surface area contributed by atoms with Crippen LogP contribution < -0.4 is 4.74 Å². The van der Waals surface area contributed by atoms with Crippen LogP contribution in [0.5, 0.6) is 5.75 Å². The normalized spacial score (nSPS) is 19.5. The van der Waals surface area contributed by atoms with E-state index in [4.69, 9.17) is 21.1 Å². The first kappa shape index (κ1) is 20.3. The molecule has 2 aliphatic rings. The summed E-state index contributed by atoms with van der Waals surface area (Å²) in [7, 11) is 1.83. The molecule has 8 nitrogen and oxygen atoms in total. The molecule has 0 N–H and O–H groups in total. The summed E-state index contributed by atoms with van der Waals surface area (Å²) in [6.45, 7) is 6.83. The number of aromatic nitrogens is 2. The Balaban J connectivity index is 1.69. The van der Waals surface area contributed by atoms with Crippen molar-refractivity contribution in [3.05, 3.63) is 21.4 Å². The molecule has 0 unspecified atom stereocenters. The molecule has 0 spiro atoms. The number of amides is 2. The van der Waals surface area contributed by atoms with Crippen LogP contribution in [0.3, 0.4) is 0 Å². The average molecular weight is 486 g/mol. The lowest BCUT2D eigenvalue weighted by atomic mass is 10.1. The van der Waals surface area contributed by atoms with Gasteiger partial charge < -0.3 is 23.8 Å². The lowest BCUT2D eigenvalue weighted by Gasteiger charge is -2.40. The summed E-state index contributed by atoms with van der Waals surface area (Å²) in [5.41, 5.74) is 1.10. The van der Waals surface area contributed by atoms with E-state index >= 15 is 0 Å². The number of hydrogen-bond acceptors (Lipinski definition) is 5. The highest BCUT2D eigenvalue weighted by Crippen LogP contribution is 2.44. The largest absolute Gasteiger partial charge is 0.489 e. The maximum atomic E-state index is 13.5. The second-order valence-electron chi connectivity index (χ2n) is 8.27. The highest BCUT2D eigenvalue weighted by atomic mass is 79.9. The number of imidazole rings is 1. The van der Waals surface area contributed by atoms with Crippen LogP contribution in [0.15, 0.2) is 10.8 Å². The predicted octanol–water partition coefficient (Wildman–Crippen LogP) is 3.44. The Bertz CT molecular complexity index is 1020. The highest BCUT2D eigenvalue weighted by Gasteiger charge is 2.40. The summed E-state index contributed by atoms with van der Waals surface area (Å²) < 4.78 is 13.9. The molecule has 1 atom stereocenters. The van der Waals surface area contributed by atoms with Gasteiger partial charge in [0.1, 0.15) is 23.3 Å². The number of halogens is 2. The molecule has 156 valence electrons. The molecule has 2 amide bonds. The Hall–Kier alpha value is -2.00. The summed E-state index contributed by atoms with van der Waals surface area (Å²) >= 11 is 9.98. The second-order valence-corrected chi connectivity index (χ2v) is 9.45. The number of hydrogen-bond donors (Lipinski definition) is 0. The molecule has 2 aliphatic heterocycles. The lowest BCUT2D eigenvalue weighted by molar-refractivity contribution is 0.000966. The minimum Gasteiger partial charge on any atom is -0.489 e. The number of benzene rings is 1. The van der Waals surface area contributed by atoms with Crippen LogP contribution in [0, 0.1) is 0 Å². The Labute approximate surface area is 181 Å². The molecule has 1 aromatic carbocycles. The molecule has 29 heavy (non-hydrogen) atoms. The number of rotatable bonds is 0. The SMILES string of the molecule is Cn1cnc2c(Br)c(Cl)c3c(c21)C(=O)N1CCN(C(=O)OC(C)(C)C)C[C@@H]1CO3. The van der Waals surface area contributed by atoms with Crippen LogP contribution in [0.1, 0.15) is 31.1 Å². The molecular formula is C19H22BrClN4O4. The van der Waals surface area contributed by atoms with Crippen LogP contribution in [0.25, 0.3) is 11.0 Å². The van der Waals surface area contributed by atoms with Gasteiger partial charge in [-0.2, -0.15) is 0 Å². The summed E-state index contributed by atoms with van der Waals surface area (Å²) in [6.07, 6.45) is 1.25. The second kappa shape index (κ2) is 7.05. The van der Waals surface area contributed by atoms with Crippen LogP contribution in [0.4, 0.5) is 4.79 Å². The van der Waals surface area contributed by atoms with Crippen molar-refractivity contribution in [3.63, 3.8) is 0 Å². The summed E-state index contributed by atoms with van der Waals surface area (Å²) in [6, 6.07) is -0.297. The van der Waals surface area contributed by atoms with E-state index < -0.39 is 5.60 Å². The minimum absolute atomic E-state index is 0.172. The topological polar surface area (TPSA) is 76.9 Å². The number of piperazine rings is 1. The van der Waals surface area contributed by atoms with E-state index in [1.54, 1.807) is 20.7 Å². The van der Waals surface area contributed by atoms with Crippen molar-refractivity contribution in [2.75, 3.05) is 26.2 Å². The molecule has 3 heterocycles. The monoisotopic (exact) mass is 484 g/mol. The smallest absolute Gasteiger partial charge is 0.410 e. The van der Waals surface area contributed by atoms with Gasteiger partial charge in [0.15, 0.2) is 5.75 Å². The third kappa shape index (κ3) is 3.44. The third-order valence-corrected chi connectivity index (χ3v) is 6.39. The molecule has 2 aromatic rings. The maximum Gasteiger partial charge on any atom is 0.410 e. The molecule has 1 aromatic heterocycles. The molecule has 1 fully saturated rings. The van der Waals surface area contributed by atoms with Gasteiger partial charge in [-0.3, -0.25) is 4.79 Å². The molecule has 4 rings (SSSR count). The number of carbonyl (C=O) groups is 2. The van der Waals surface area contributed by atoms with E-state index in [0.717, 1.165) is 0 Å². The van der Waals surface area contributed by atoms with E-state index in [1.165, 1.54) is 0 Å². The zero-order chi connectivity index (χ0) is 21.1. The van der Waals surface area contributed by atoms with Crippen LogP contribution in [0.2, 0.25) is 5.02 Å². The molecule has 0 saturated carbocycles. The van der Waals surface area contributed by atoms with Gasteiger partial charge in [0.25, 0.3) is 5.91 Å². The standard InChI is InChI=1S/C19H22BrClN4O4/c1-19(2,3)29-18(27)24-5-6-25-10(7-24)8-28-16-11(17(25)26)15-14(12(20)13(16)21)22-9-23(15)4/h9-10H,5-8H2,1-4H3/t10-/m1/s1. The van der Waals surface area contributed by atoms with Crippen molar-refractivity contribution < 1.29 is 19.1 Å². The fraction of sp³-hybridized carbons (Fsp3) is 0.526. The molecule has 0 bridgehead atoms. The Morgan fingerprint density at radius 1 is 1.38 bits per heavy atom. The van der Waals surface area contributed by atoms with Crippen molar-refractivity contribution >= 4 is 50.6 Å². The zero-order valence-electron chi connectivity index (χ0n) is 16.7. The number of carbonyl (C=O) groups excluding carboxylic acids is 2. The van der Waals surface area contributed by atoms with E-state index in [0.29, 0.717) is 51.5 Å². The van der Waals surface area contributed by atoms with Crippen molar-refractivity contribution in [1.29, 1.82) is 0 Å². The van der Waals surface area contributed by atoms with Crippen molar-refractivity contribution in [2.45, 2.75) is 32.4 Å². The average Bonchev–Trinajstić information content (AvgIpc) is 2.96. The maximum absolute atomic E-state index is 13.5. The van der Waals surface area contributed by atoms with E-state index in [1.807, 2.05) is 27.8 Å². The minimum atomic E-state index is -0.578.